The van der Waals surface area contributed by atoms with E-state index in [9.17, 15) is 9.59 Å². The highest BCUT2D eigenvalue weighted by atomic mass is 32.1. The fourth-order valence-corrected chi connectivity index (χ4v) is 4.40. The third kappa shape index (κ3) is 5.75. The molecule has 0 fully saturated rings. The van der Waals surface area contributed by atoms with E-state index in [1.165, 1.54) is 28.4 Å². The Hall–Kier alpha value is -3.98. The van der Waals surface area contributed by atoms with Crippen LogP contribution in [0.15, 0.2) is 70.1 Å². The third-order valence-electron chi connectivity index (χ3n) is 5.31. The summed E-state index contributed by atoms with van der Waals surface area (Å²) in [6, 6.07) is 15.1. The Morgan fingerprint density at radius 3 is 2.80 bits per heavy atom. The number of unbranched alkanes of at least 4 members (excludes halogenated alkanes) is 1. The van der Waals surface area contributed by atoms with Crippen LogP contribution in [0.2, 0.25) is 0 Å². The van der Waals surface area contributed by atoms with Crippen LogP contribution in [0.1, 0.15) is 25.3 Å². The van der Waals surface area contributed by atoms with Gasteiger partial charge in [0.05, 0.1) is 31.6 Å². The Balaban J connectivity index is 1.44. The number of nitrogens with zero attached hydrogens (tertiary/aromatic N) is 3. The van der Waals surface area contributed by atoms with Crippen molar-refractivity contribution < 1.29 is 14.3 Å². The van der Waals surface area contributed by atoms with Crippen LogP contribution < -0.4 is 20.5 Å². The molecule has 2 aromatic heterocycles. The highest BCUT2D eigenvalue weighted by Gasteiger charge is 2.14. The van der Waals surface area contributed by atoms with Gasteiger partial charge in [0, 0.05) is 10.9 Å². The molecule has 2 heterocycles. The van der Waals surface area contributed by atoms with Gasteiger partial charge in [-0.05, 0) is 35.7 Å². The number of fused-ring (bicyclic) bond motifs is 1. The zero-order chi connectivity index (χ0) is 24.6. The summed E-state index contributed by atoms with van der Waals surface area (Å²) in [7, 11) is 1.57. The number of nitrogens with one attached hydrogen (secondary N) is 1. The normalized spacial score (nSPS) is 11.1. The summed E-state index contributed by atoms with van der Waals surface area (Å²) in [6.07, 6.45) is 4.91. The second-order valence-corrected chi connectivity index (χ2v) is 8.64. The van der Waals surface area contributed by atoms with E-state index < -0.39 is 5.91 Å². The minimum Gasteiger partial charge on any atom is -0.493 e. The van der Waals surface area contributed by atoms with Gasteiger partial charge in [-0.1, -0.05) is 43.7 Å². The molecular weight excluding hydrogens is 464 g/mol. The molecule has 35 heavy (non-hydrogen) atoms. The van der Waals surface area contributed by atoms with Crippen LogP contribution >= 0.6 is 11.3 Å². The smallest absolute Gasteiger partial charge is 0.263 e. The zero-order valence-electron chi connectivity index (χ0n) is 19.6. The van der Waals surface area contributed by atoms with Crippen molar-refractivity contribution >= 4 is 33.7 Å². The van der Waals surface area contributed by atoms with E-state index in [1.807, 2.05) is 47.8 Å². The number of thiophene rings is 1. The van der Waals surface area contributed by atoms with Gasteiger partial charge in [-0.2, -0.15) is 5.10 Å². The van der Waals surface area contributed by atoms with E-state index in [2.05, 4.69) is 22.4 Å². The predicted molar refractivity (Wildman–Crippen MR) is 138 cm³/mol. The number of hydrogen-bond donors (Lipinski definition) is 1. The van der Waals surface area contributed by atoms with Crippen LogP contribution in [0.25, 0.3) is 21.3 Å². The SMILES string of the molecule is CCCCOc1ccc(/C=N/NC(=O)Cn2cnc3scc(-c4ccccc4)c3c2=O)cc1OC. The molecule has 0 aliphatic carbocycles. The van der Waals surface area contributed by atoms with Crippen LogP contribution in [-0.4, -0.2) is 35.4 Å². The number of hydrogen-bond acceptors (Lipinski definition) is 7. The average Bonchev–Trinajstić information content (AvgIpc) is 3.32. The monoisotopic (exact) mass is 490 g/mol. The summed E-state index contributed by atoms with van der Waals surface area (Å²) in [5, 5.41) is 6.43. The second kappa shape index (κ2) is 11.4. The van der Waals surface area contributed by atoms with Gasteiger partial charge in [-0.15, -0.1) is 11.3 Å². The number of benzene rings is 2. The summed E-state index contributed by atoms with van der Waals surface area (Å²) in [4.78, 5) is 30.5. The Bertz CT molecular complexity index is 1400. The number of methoxy groups -OCH3 is 1. The highest BCUT2D eigenvalue weighted by Crippen LogP contribution is 2.30. The first kappa shape index (κ1) is 24.2. The lowest BCUT2D eigenvalue weighted by atomic mass is 10.1. The molecule has 0 radical (unpaired) electrons. The summed E-state index contributed by atoms with van der Waals surface area (Å²) in [5.74, 6) is 0.812. The number of carbonyl (C=O) groups excluding carboxylic acids is 1. The number of ether oxygens (including phenoxy) is 2. The minimum atomic E-state index is -0.438. The molecule has 0 aliphatic heterocycles. The van der Waals surface area contributed by atoms with E-state index in [1.54, 1.807) is 13.2 Å². The van der Waals surface area contributed by atoms with Crippen LogP contribution in [0, 0.1) is 0 Å². The summed E-state index contributed by atoms with van der Waals surface area (Å²) < 4.78 is 12.4. The highest BCUT2D eigenvalue weighted by molar-refractivity contribution is 7.17. The van der Waals surface area contributed by atoms with E-state index in [-0.39, 0.29) is 12.1 Å². The van der Waals surface area contributed by atoms with Crippen molar-refractivity contribution in [3.8, 4) is 22.6 Å². The summed E-state index contributed by atoms with van der Waals surface area (Å²) in [5.41, 5.74) is 4.67. The first-order chi connectivity index (χ1) is 17.1. The lowest BCUT2D eigenvalue weighted by Crippen LogP contribution is -2.30. The Kier molecular flexibility index (Phi) is 7.89. The standard InChI is InChI=1S/C26H26N4O4S/c1-3-4-12-34-21-11-10-18(13-22(21)33-2)14-28-29-23(31)15-30-17-27-25-24(26(30)32)20(16-35-25)19-8-6-5-7-9-19/h5-11,13-14,16-17H,3-4,12,15H2,1-2H3,(H,29,31)/b28-14+. The third-order valence-corrected chi connectivity index (χ3v) is 6.19. The number of rotatable bonds is 10. The van der Waals surface area contributed by atoms with Crippen LogP contribution in [-0.2, 0) is 11.3 Å². The van der Waals surface area contributed by atoms with E-state index in [0.717, 1.165) is 29.5 Å². The first-order valence-electron chi connectivity index (χ1n) is 11.3. The van der Waals surface area contributed by atoms with Crippen molar-refractivity contribution in [2.24, 2.45) is 5.10 Å². The molecule has 0 bridgehead atoms. The molecule has 2 aromatic carbocycles. The molecule has 1 amide bonds. The Labute approximate surface area is 206 Å². The molecule has 0 spiro atoms. The molecule has 0 unspecified atom stereocenters. The van der Waals surface area contributed by atoms with E-state index in [4.69, 9.17) is 9.47 Å². The van der Waals surface area contributed by atoms with Gasteiger partial charge in [0.25, 0.3) is 11.5 Å². The molecule has 180 valence electrons. The molecule has 1 N–H and O–H groups in total. The van der Waals surface area contributed by atoms with Gasteiger partial charge < -0.3 is 9.47 Å². The molecular formula is C26H26N4O4S. The van der Waals surface area contributed by atoms with E-state index in [0.29, 0.717) is 28.3 Å². The maximum absolute atomic E-state index is 13.1. The lowest BCUT2D eigenvalue weighted by Gasteiger charge is -2.10. The van der Waals surface area contributed by atoms with Crippen molar-refractivity contribution in [3.05, 3.63) is 76.2 Å². The van der Waals surface area contributed by atoms with Gasteiger partial charge in [-0.25, -0.2) is 10.4 Å². The quantitative estimate of drug-likeness (QED) is 0.201. The molecule has 0 saturated heterocycles. The first-order valence-corrected chi connectivity index (χ1v) is 12.1. The van der Waals surface area contributed by atoms with Gasteiger partial charge in [0.2, 0.25) is 0 Å². The lowest BCUT2D eigenvalue weighted by molar-refractivity contribution is -0.121. The molecule has 0 saturated carbocycles. The predicted octanol–water partition coefficient (Wildman–Crippen LogP) is 4.46. The van der Waals surface area contributed by atoms with Gasteiger partial charge in [0.15, 0.2) is 11.5 Å². The molecule has 0 atom stereocenters. The number of amides is 1. The Morgan fingerprint density at radius 1 is 1.20 bits per heavy atom. The van der Waals surface area contributed by atoms with Crippen LogP contribution in [0.4, 0.5) is 0 Å². The maximum Gasteiger partial charge on any atom is 0.263 e. The topological polar surface area (TPSA) is 94.8 Å². The number of aromatic nitrogens is 2. The van der Waals surface area contributed by atoms with Crippen molar-refractivity contribution in [1.82, 2.24) is 15.0 Å². The van der Waals surface area contributed by atoms with Gasteiger partial charge in [-0.3, -0.25) is 14.2 Å². The van der Waals surface area contributed by atoms with Gasteiger partial charge in [0.1, 0.15) is 11.4 Å². The van der Waals surface area contributed by atoms with E-state index >= 15 is 0 Å². The van der Waals surface area contributed by atoms with Crippen molar-refractivity contribution in [1.29, 1.82) is 0 Å². The molecule has 8 nitrogen and oxygen atoms in total. The molecule has 0 aliphatic rings. The van der Waals surface area contributed by atoms with Crippen molar-refractivity contribution in [2.75, 3.05) is 13.7 Å². The average molecular weight is 491 g/mol. The number of hydrazone groups is 1. The molecule has 4 rings (SSSR count). The second-order valence-electron chi connectivity index (χ2n) is 7.78. The van der Waals surface area contributed by atoms with Crippen LogP contribution in [0.5, 0.6) is 11.5 Å². The summed E-state index contributed by atoms with van der Waals surface area (Å²) in [6.45, 7) is 2.52. The molecule has 4 aromatic rings. The number of carbonyl (C=O) groups is 1. The zero-order valence-corrected chi connectivity index (χ0v) is 20.4. The van der Waals surface area contributed by atoms with Gasteiger partial charge >= 0.3 is 0 Å². The van der Waals surface area contributed by atoms with Crippen molar-refractivity contribution in [2.45, 2.75) is 26.3 Å². The fourth-order valence-electron chi connectivity index (χ4n) is 3.49. The fraction of sp³-hybridized carbons (Fsp3) is 0.231. The largest absolute Gasteiger partial charge is 0.493 e. The van der Waals surface area contributed by atoms with Crippen LogP contribution in [0.3, 0.4) is 0 Å². The maximum atomic E-state index is 13.1. The Morgan fingerprint density at radius 2 is 2.03 bits per heavy atom. The minimum absolute atomic E-state index is 0.198. The summed E-state index contributed by atoms with van der Waals surface area (Å²) >= 11 is 1.40. The van der Waals surface area contributed by atoms with Crippen molar-refractivity contribution in [3.63, 3.8) is 0 Å². The molecule has 9 heteroatoms.